The lowest BCUT2D eigenvalue weighted by Crippen LogP contribution is -2.32. The van der Waals surface area contributed by atoms with E-state index in [9.17, 15) is 14.8 Å². The van der Waals surface area contributed by atoms with Crippen LogP contribution in [0.4, 0.5) is 0 Å². The summed E-state index contributed by atoms with van der Waals surface area (Å²) >= 11 is 0. The van der Waals surface area contributed by atoms with E-state index in [1.807, 2.05) is 0 Å². The van der Waals surface area contributed by atoms with Gasteiger partial charge in [0.25, 0.3) is 11.5 Å². The fourth-order valence-electron chi connectivity index (χ4n) is 1.29. The molecule has 0 fully saturated rings. The Morgan fingerprint density at radius 2 is 2.06 bits per heavy atom. The van der Waals surface area contributed by atoms with Crippen LogP contribution in [0.25, 0.3) is 0 Å². The molecule has 0 atom stereocenters. The molecule has 1 heterocycles. The minimum atomic E-state index is -0.617. The third kappa shape index (κ3) is 3.94. The van der Waals surface area contributed by atoms with Gasteiger partial charge in [0, 0.05) is 12.6 Å². The Kier molecular flexibility index (Phi) is 3.93. The van der Waals surface area contributed by atoms with E-state index in [0.29, 0.717) is 11.3 Å². The normalized spacial score (nSPS) is 11.2. The maximum absolute atomic E-state index is 11.7. The quantitative estimate of drug-likeness (QED) is 0.778. The summed E-state index contributed by atoms with van der Waals surface area (Å²) in [5, 5.41) is 12.0. The summed E-state index contributed by atoms with van der Waals surface area (Å²) in [4.78, 5) is 22.8. The maximum atomic E-state index is 11.7. The molecular weight excluding hydrogens is 220 g/mol. The zero-order valence-corrected chi connectivity index (χ0v) is 10.4. The third-order valence-corrected chi connectivity index (χ3v) is 2.32. The van der Waals surface area contributed by atoms with Crippen LogP contribution in [-0.2, 0) is 0 Å². The average molecular weight is 238 g/mol. The Morgan fingerprint density at radius 1 is 1.41 bits per heavy atom. The molecule has 5 heteroatoms. The number of rotatable bonds is 3. The van der Waals surface area contributed by atoms with Gasteiger partial charge in [0.2, 0.25) is 0 Å². The van der Waals surface area contributed by atoms with E-state index in [0.717, 1.165) is 6.42 Å². The van der Waals surface area contributed by atoms with Crippen LogP contribution in [0.15, 0.2) is 23.0 Å². The molecule has 5 nitrogen and oxygen atoms in total. The van der Waals surface area contributed by atoms with E-state index in [2.05, 4.69) is 26.1 Å². The van der Waals surface area contributed by atoms with Crippen LogP contribution in [0.5, 0.6) is 0 Å². The molecule has 0 saturated heterocycles. The summed E-state index contributed by atoms with van der Waals surface area (Å²) in [5.41, 5.74) is -0.539. The minimum absolute atomic E-state index is 0.0496. The van der Waals surface area contributed by atoms with Crippen molar-refractivity contribution in [3.63, 3.8) is 0 Å². The second kappa shape index (κ2) is 5.03. The number of pyridine rings is 1. The van der Waals surface area contributed by atoms with Crippen molar-refractivity contribution in [2.75, 3.05) is 6.54 Å². The molecule has 0 unspecified atom stereocenters. The SMILES string of the molecule is CC(C)(C)CCNC(=O)c1cccc(=O)n1O. The van der Waals surface area contributed by atoms with Crippen molar-refractivity contribution in [3.05, 3.63) is 34.2 Å². The number of nitrogens with zero attached hydrogens (tertiary/aromatic N) is 1. The Balaban J connectivity index is 2.65. The number of hydrogen-bond donors (Lipinski definition) is 2. The summed E-state index contributed by atoms with van der Waals surface area (Å²) in [6, 6.07) is 4.02. The fraction of sp³-hybridized carbons (Fsp3) is 0.500. The zero-order valence-electron chi connectivity index (χ0n) is 10.4. The van der Waals surface area contributed by atoms with Gasteiger partial charge in [0.05, 0.1) is 0 Å². The van der Waals surface area contributed by atoms with Gasteiger partial charge in [0.15, 0.2) is 0 Å². The molecule has 0 radical (unpaired) electrons. The smallest absolute Gasteiger partial charge is 0.283 e. The lowest BCUT2D eigenvalue weighted by atomic mass is 9.92. The number of carbonyl (C=O) groups is 1. The average Bonchev–Trinajstić information content (AvgIpc) is 2.20. The molecule has 1 rings (SSSR count). The number of nitrogens with one attached hydrogen (secondary N) is 1. The van der Waals surface area contributed by atoms with Gasteiger partial charge >= 0.3 is 0 Å². The van der Waals surface area contributed by atoms with Crippen molar-refractivity contribution in [2.24, 2.45) is 5.41 Å². The van der Waals surface area contributed by atoms with Crippen molar-refractivity contribution in [2.45, 2.75) is 27.2 Å². The summed E-state index contributed by atoms with van der Waals surface area (Å²) < 4.78 is 0.354. The third-order valence-electron chi connectivity index (χ3n) is 2.32. The van der Waals surface area contributed by atoms with Gasteiger partial charge in [-0.1, -0.05) is 26.8 Å². The van der Waals surface area contributed by atoms with E-state index >= 15 is 0 Å². The highest BCUT2D eigenvalue weighted by Gasteiger charge is 2.13. The predicted molar refractivity (Wildman–Crippen MR) is 64.3 cm³/mol. The van der Waals surface area contributed by atoms with Crippen LogP contribution in [0.1, 0.15) is 37.7 Å². The zero-order chi connectivity index (χ0) is 13.1. The molecule has 1 amide bonds. The number of hydrogen-bond acceptors (Lipinski definition) is 3. The monoisotopic (exact) mass is 238 g/mol. The van der Waals surface area contributed by atoms with Gasteiger partial charge in [-0.3, -0.25) is 9.59 Å². The molecule has 0 bridgehead atoms. The van der Waals surface area contributed by atoms with Crippen molar-refractivity contribution in [3.8, 4) is 0 Å². The van der Waals surface area contributed by atoms with Crippen LogP contribution >= 0.6 is 0 Å². The van der Waals surface area contributed by atoms with Crippen LogP contribution in [-0.4, -0.2) is 22.4 Å². The van der Waals surface area contributed by atoms with E-state index in [-0.39, 0.29) is 11.1 Å². The molecule has 1 aromatic heterocycles. The first-order valence-corrected chi connectivity index (χ1v) is 5.51. The number of amides is 1. The molecular formula is C12H18N2O3. The topological polar surface area (TPSA) is 71.3 Å². The van der Waals surface area contributed by atoms with Gasteiger partial charge in [-0.05, 0) is 17.9 Å². The molecule has 94 valence electrons. The first-order chi connectivity index (χ1) is 7.81. The molecule has 2 N–H and O–H groups in total. The maximum Gasteiger partial charge on any atom is 0.283 e. The summed E-state index contributed by atoms with van der Waals surface area (Å²) in [6.45, 7) is 6.72. The van der Waals surface area contributed by atoms with Crippen molar-refractivity contribution < 1.29 is 10.0 Å². The van der Waals surface area contributed by atoms with Gasteiger partial charge in [-0.25, -0.2) is 0 Å². The molecule has 17 heavy (non-hydrogen) atoms. The first-order valence-electron chi connectivity index (χ1n) is 5.51. The Labute approximate surface area is 100 Å². The predicted octanol–water partition coefficient (Wildman–Crippen LogP) is 1.25. The number of aromatic nitrogens is 1. The standard InChI is InChI=1S/C12H18N2O3/c1-12(2,3)7-8-13-11(16)9-5-4-6-10(15)14(9)17/h4-6,17H,7-8H2,1-3H3,(H,13,16). The molecule has 1 aromatic rings. The second-order valence-corrected chi connectivity index (χ2v) is 5.13. The summed E-state index contributed by atoms with van der Waals surface area (Å²) in [7, 11) is 0. The van der Waals surface area contributed by atoms with Gasteiger partial charge in [0.1, 0.15) is 5.69 Å². The Hall–Kier alpha value is -1.78. The Bertz CT molecular complexity index is 458. The number of carbonyl (C=O) groups excluding carboxylic acids is 1. The highest BCUT2D eigenvalue weighted by Crippen LogP contribution is 2.16. The molecule has 0 saturated carbocycles. The summed E-state index contributed by atoms with van der Waals surface area (Å²) in [5.74, 6) is -0.450. The van der Waals surface area contributed by atoms with Gasteiger partial charge in [-0.15, -0.1) is 4.73 Å². The van der Waals surface area contributed by atoms with Crippen LogP contribution in [0.3, 0.4) is 0 Å². The molecule has 0 spiro atoms. The largest absolute Gasteiger partial charge is 0.425 e. The summed E-state index contributed by atoms with van der Waals surface area (Å²) in [6.07, 6.45) is 0.821. The van der Waals surface area contributed by atoms with E-state index in [1.165, 1.54) is 18.2 Å². The van der Waals surface area contributed by atoms with E-state index in [4.69, 9.17) is 0 Å². The van der Waals surface area contributed by atoms with Crippen molar-refractivity contribution in [1.82, 2.24) is 10.0 Å². The minimum Gasteiger partial charge on any atom is -0.425 e. The van der Waals surface area contributed by atoms with E-state index in [1.54, 1.807) is 0 Å². The van der Waals surface area contributed by atoms with Crippen molar-refractivity contribution in [1.29, 1.82) is 0 Å². The Morgan fingerprint density at radius 3 is 2.65 bits per heavy atom. The molecule has 0 aliphatic heterocycles. The van der Waals surface area contributed by atoms with Crippen LogP contribution < -0.4 is 10.9 Å². The molecule has 0 aliphatic rings. The second-order valence-electron chi connectivity index (χ2n) is 5.13. The lowest BCUT2D eigenvalue weighted by Gasteiger charge is -2.18. The highest BCUT2D eigenvalue weighted by atomic mass is 16.5. The van der Waals surface area contributed by atoms with Gasteiger partial charge in [-0.2, -0.15) is 0 Å². The highest BCUT2D eigenvalue weighted by molar-refractivity contribution is 5.92. The van der Waals surface area contributed by atoms with Crippen LogP contribution in [0, 0.1) is 5.41 Å². The molecule has 0 aliphatic carbocycles. The van der Waals surface area contributed by atoms with Crippen molar-refractivity contribution >= 4 is 5.91 Å². The molecule has 0 aromatic carbocycles. The van der Waals surface area contributed by atoms with Gasteiger partial charge < -0.3 is 10.5 Å². The van der Waals surface area contributed by atoms with E-state index < -0.39 is 11.5 Å². The lowest BCUT2D eigenvalue weighted by molar-refractivity contribution is 0.0888. The van der Waals surface area contributed by atoms with Crippen LogP contribution in [0.2, 0.25) is 0 Å². The first kappa shape index (κ1) is 13.3. The fourth-order valence-corrected chi connectivity index (χ4v) is 1.29.